The first-order valence-corrected chi connectivity index (χ1v) is 7.25. The van der Waals surface area contributed by atoms with Crippen LogP contribution in [0.3, 0.4) is 0 Å². The standard InChI is InChI=1S/C15H19NO8/c1-8(17)16-11-9(5-6-10(24-11)12(18)21-2)7-15(16,13(19)22-3)14(20)23-4/h6,9,11H,5,7H2,1-4H3/t9-,11+/m1/s1. The topological polar surface area (TPSA) is 108 Å². The molecular weight excluding hydrogens is 322 g/mol. The van der Waals surface area contributed by atoms with Crippen LogP contribution in [0, 0.1) is 5.92 Å². The third kappa shape index (κ3) is 2.49. The van der Waals surface area contributed by atoms with E-state index in [9.17, 15) is 19.2 Å². The van der Waals surface area contributed by atoms with Crippen molar-refractivity contribution in [1.82, 2.24) is 4.90 Å². The maximum Gasteiger partial charge on any atom is 0.373 e. The average molecular weight is 341 g/mol. The molecule has 0 aromatic carbocycles. The van der Waals surface area contributed by atoms with Crippen LogP contribution >= 0.6 is 0 Å². The molecule has 132 valence electrons. The number of carbonyl (C=O) groups is 4. The molecule has 0 N–H and O–H groups in total. The van der Waals surface area contributed by atoms with E-state index < -0.39 is 35.6 Å². The van der Waals surface area contributed by atoms with Gasteiger partial charge in [-0.2, -0.15) is 0 Å². The summed E-state index contributed by atoms with van der Waals surface area (Å²) in [6, 6.07) is 0. The number of hydrogen-bond acceptors (Lipinski definition) is 8. The Morgan fingerprint density at radius 1 is 1.12 bits per heavy atom. The molecule has 0 aromatic rings. The zero-order valence-corrected chi connectivity index (χ0v) is 13.9. The summed E-state index contributed by atoms with van der Waals surface area (Å²) in [6.45, 7) is 1.20. The van der Waals surface area contributed by atoms with E-state index in [1.54, 1.807) is 0 Å². The maximum absolute atomic E-state index is 12.4. The van der Waals surface area contributed by atoms with E-state index in [0.29, 0.717) is 6.42 Å². The Morgan fingerprint density at radius 2 is 1.71 bits per heavy atom. The third-order valence-electron chi connectivity index (χ3n) is 4.25. The first kappa shape index (κ1) is 17.8. The van der Waals surface area contributed by atoms with Gasteiger partial charge in [-0.05, 0) is 12.5 Å². The summed E-state index contributed by atoms with van der Waals surface area (Å²) in [4.78, 5) is 49.6. The third-order valence-corrected chi connectivity index (χ3v) is 4.25. The molecule has 1 fully saturated rings. The molecule has 1 amide bonds. The number of esters is 3. The molecule has 0 spiro atoms. The molecule has 9 nitrogen and oxygen atoms in total. The van der Waals surface area contributed by atoms with Gasteiger partial charge < -0.3 is 18.9 Å². The average Bonchev–Trinajstić information content (AvgIpc) is 2.94. The summed E-state index contributed by atoms with van der Waals surface area (Å²) in [5.74, 6) is -3.56. The van der Waals surface area contributed by atoms with E-state index >= 15 is 0 Å². The fraction of sp³-hybridized carbons (Fsp3) is 0.600. The quantitative estimate of drug-likeness (QED) is 0.392. The molecule has 2 rings (SSSR count). The van der Waals surface area contributed by atoms with Crippen LogP contribution in [0.15, 0.2) is 11.8 Å². The highest BCUT2D eigenvalue weighted by Gasteiger charge is 2.65. The number of methoxy groups -OCH3 is 3. The molecule has 24 heavy (non-hydrogen) atoms. The largest absolute Gasteiger partial charge is 0.467 e. The van der Waals surface area contributed by atoms with Crippen LogP contribution in [0.2, 0.25) is 0 Å². The molecule has 0 aromatic heterocycles. The molecule has 0 unspecified atom stereocenters. The number of nitrogens with zero attached hydrogens (tertiary/aromatic N) is 1. The van der Waals surface area contributed by atoms with Crippen molar-refractivity contribution in [3.05, 3.63) is 11.8 Å². The minimum atomic E-state index is -1.94. The van der Waals surface area contributed by atoms with Gasteiger partial charge in [-0.15, -0.1) is 0 Å². The lowest BCUT2D eigenvalue weighted by Gasteiger charge is -2.36. The Hall–Kier alpha value is -2.58. The Balaban J connectivity index is 2.48. The molecule has 1 saturated heterocycles. The first-order valence-electron chi connectivity index (χ1n) is 7.25. The smallest absolute Gasteiger partial charge is 0.373 e. The van der Waals surface area contributed by atoms with Gasteiger partial charge in [-0.3, -0.25) is 9.69 Å². The summed E-state index contributed by atoms with van der Waals surface area (Å²) in [5, 5.41) is 0. The molecule has 2 aliphatic heterocycles. The van der Waals surface area contributed by atoms with Gasteiger partial charge in [0.25, 0.3) is 0 Å². The van der Waals surface area contributed by atoms with Gasteiger partial charge >= 0.3 is 17.9 Å². The molecular formula is C15H19NO8. The first-order chi connectivity index (χ1) is 11.3. The fourth-order valence-electron chi connectivity index (χ4n) is 3.26. The SMILES string of the molecule is COC(=O)C1=CC[C@@H]2CC(C(=O)OC)(C(=O)OC)N(C(C)=O)[C@H]2O1. The predicted octanol–water partition coefficient (Wildman–Crippen LogP) is -0.257. The highest BCUT2D eigenvalue weighted by Crippen LogP contribution is 2.45. The number of ether oxygens (including phenoxy) is 4. The summed E-state index contributed by atoms with van der Waals surface area (Å²) in [7, 11) is 3.43. The zero-order chi connectivity index (χ0) is 18.1. The molecule has 2 aliphatic rings. The van der Waals surface area contributed by atoms with E-state index in [4.69, 9.17) is 14.2 Å². The van der Waals surface area contributed by atoms with E-state index in [-0.39, 0.29) is 18.1 Å². The van der Waals surface area contributed by atoms with Gasteiger partial charge in [0.05, 0.1) is 21.3 Å². The summed E-state index contributed by atoms with van der Waals surface area (Å²) >= 11 is 0. The van der Waals surface area contributed by atoms with Crippen molar-refractivity contribution in [3.8, 4) is 0 Å². The predicted molar refractivity (Wildman–Crippen MR) is 77.0 cm³/mol. The van der Waals surface area contributed by atoms with Crippen molar-refractivity contribution in [3.63, 3.8) is 0 Å². The Labute approximate surface area is 138 Å². The normalized spacial score (nSPS) is 24.2. The summed E-state index contributed by atoms with van der Waals surface area (Å²) in [6.07, 6.45) is 0.839. The van der Waals surface area contributed by atoms with Gasteiger partial charge in [-0.25, -0.2) is 14.4 Å². The Morgan fingerprint density at radius 3 is 2.17 bits per heavy atom. The van der Waals surface area contributed by atoms with Crippen LogP contribution in [0.4, 0.5) is 0 Å². The second-order valence-electron chi connectivity index (χ2n) is 5.50. The summed E-state index contributed by atoms with van der Waals surface area (Å²) < 4.78 is 19.7. The van der Waals surface area contributed by atoms with Crippen molar-refractivity contribution in [2.45, 2.75) is 31.5 Å². The minimum absolute atomic E-state index is 0.0262. The molecule has 0 bridgehead atoms. The number of allylic oxidation sites excluding steroid dienone is 1. The molecule has 2 heterocycles. The highest BCUT2D eigenvalue weighted by molar-refractivity contribution is 6.08. The van der Waals surface area contributed by atoms with Gasteiger partial charge in [0, 0.05) is 19.3 Å². The number of rotatable bonds is 3. The van der Waals surface area contributed by atoms with E-state index in [1.807, 2.05) is 0 Å². The second-order valence-corrected chi connectivity index (χ2v) is 5.50. The lowest BCUT2D eigenvalue weighted by Crippen LogP contribution is -2.61. The minimum Gasteiger partial charge on any atom is -0.467 e. The number of hydrogen-bond donors (Lipinski definition) is 0. The number of fused-ring (bicyclic) bond motifs is 1. The van der Waals surface area contributed by atoms with Gasteiger partial charge in [0.2, 0.25) is 17.2 Å². The monoisotopic (exact) mass is 341 g/mol. The fourth-order valence-corrected chi connectivity index (χ4v) is 3.26. The van der Waals surface area contributed by atoms with Crippen LogP contribution in [-0.4, -0.2) is 61.8 Å². The van der Waals surface area contributed by atoms with Crippen LogP contribution < -0.4 is 0 Å². The number of likely N-dealkylation sites (tertiary alicyclic amines) is 1. The van der Waals surface area contributed by atoms with E-state index in [1.165, 1.54) is 20.1 Å². The molecule has 0 radical (unpaired) electrons. The highest BCUT2D eigenvalue weighted by atomic mass is 16.6. The summed E-state index contributed by atoms with van der Waals surface area (Å²) in [5.41, 5.74) is -1.94. The second kappa shape index (κ2) is 6.50. The van der Waals surface area contributed by atoms with Crippen LogP contribution in [0.1, 0.15) is 19.8 Å². The van der Waals surface area contributed by atoms with Crippen LogP contribution in [0.25, 0.3) is 0 Å². The number of carbonyl (C=O) groups excluding carboxylic acids is 4. The van der Waals surface area contributed by atoms with Gasteiger partial charge in [0.15, 0.2) is 6.23 Å². The maximum atomic E-state index is 12.4. The van der Waals surface area contributed by atoms with Gasteiger partial charge in [-0.1, -0.05) is 0 Å². The van der Waals surface area contributed by atoms with E-state index in [2.05, 4.69) is 4.74 Å². The van der Waals surface area contributed by atoms with Crippen molar-refractivity contribution < 1.29 is 38.1 Å². The Kier molecular flexibility index (Phi) is 4.81. The molecule has 2 atom stereocenters. The Bertz CT molecular complexity index is 595. The molecule has 0 saturated carbocycles. The van der Waals surface area contributed by atoms with Gasteiger partial charge in [0.1, 0.15) is 0 Å². The van der Waals surface area contributed by atoms with Crippen molar-refractivity contribution >= 4 is 23.8 Å². The lowest BCUT2D eigenvalue weighted by atomic mass is 9.89. The van der Waals surface area contributed by atoms with E-state index in [0.717, 1.165) is 19.1 Å². The van der Waals surface area contributed by atoms with Crippen LogP contribution in [-0.2, 0) is 38.1 Å². The van der Waals surface area contributed by atoms with Crippen molar-refractivity contribution in [2.75, 3.05) is 21.3 Å². The zero-order valence-electron chi connectivity index (χ0n) is 13.9. The van der Waals surface area contributed by atoms with Crippen molar-refractivity contribution in [1.29, 1.82) is 0 Å². The molecule has 9 heteroatoms. The molecule has 0 aliphatic carbocycles. The van der Waals surface area contributed by atoms with Crippen LogP contribution in [0.5, 0.6) is 0 Å². The number of amides is 1. The van der Waals surface area contributed by atoms with Crippen molar-refractivity contribution in [2.24, 2.45) is 5.92 Å². The lowest BCUT2D eigenvalue weighted by molar-refractivity contribution is -0.181.